The van der Waals surface area contributed by atoms with Gasteiger partial charge in [-0.3, -0.25) is 24.1 Å². The molecule has 5 aromatic rings. The van der Waals surface area contributed by atoms with Crippen LogP contribution in [0.5, 0.6) is 11.5 Å². The summed E-state index contributed by atoms with van der Waals surface area (Å²) < 4.78 is 53.0. The highest BCUT2D eigenvalue weighted by molar-refractivity contribution is 7.81. The van der Waals surface area contributed by atoms with Gasteiger partial charge in [0, 0.05) is 30.8 Å². The summed E-state index contributed by atoms with van der Waals surface area (Å²) in [5, 5.41) is 25.6. The Morgan fingerprint density at radius 3 is 2.11 bits per heavy atom. The monoisotopic (exact) mass is 1010 g/mol. The highest BCUT2D eigenvalue weighted by Crippen LogP contribution is 2.40. The van der Waals surface area contributed by atoms with Crippen LogP contribution in [0.2, 0.25) is 0 Å². The molecule has 2 aliphatic rings. The van der Waals surface area contributed by atoms with E-state index in [0.29, 0.717) is 48.8 Å². The molecule has 1 aromatic heterocycles. The van der Waals surface area contributed by atoms with E-state index in [1.807, 2.05) is 52.0 Å². The van der Waals surface area contributed by atoms with Crippen molar-refractivity contribution in [3.05, 3.63) is 124 Å². The quantitative estimate of drug-likeness (QED) is 0.0637. The molecule has 14 nitrogen and oxygen atoms in total. The third-order valence-electron chi connectivity index (χ3n) is 12.3. The molecule has 4 aromatic carbocycles. The van der Waals surface area contributed by atoms with E-state index in [1.165, 1.54) is 11.0 Å². The van der Waals surface area contributed by atoms with Gasteiger partial charge >= 0.3 is 6.18 Å². The highest BCUT2D eigenvalue weighted by Gasteiger charge is 2.51. The molecular weight excluding hydrogens is 956 g/mol. The molecule has 0 bridgehead atoms. The van der Waals surface area contributed by atoms with Gasteiger partial charge < -0.3 is 35.0 Å². The first-order chi connectivity index (χ1) is 33.6. The number of carbonyl (C=O) groups is 4. The number of aryl methyl sites for hydroxylation is 1. The Morgan fingerprint density at radius 1 is 0.944 bits per heavy atom. The topological polar surface area (TPSA) is 177 Å². The number of thiocarbonyl (C=S) groups is 1. The van der Waals surface area contributed by atoms with Crippen molar-refractivity contribution in [2.24, 2.45) is 5.41 Å². The van der Waals surface area contributed by atoms with Crippen LogP contribution < -0.4 is 29.9 Å². The largest absolute Gasteiger partial charge is 0.494 e. The van der Waals surface area contributed by atoms with E-state index in [2.05, 4.69) is 15.6 Å². The number of unbranched alkanes of at least 4 members (excludes halogenated alkanes) is 1. The van der Waals surface area contributed by atoms with Crippen molar-refractivity contribution in [1.82, 2.24) is 20.5 Å². The molecule has 0 unspecified atom stereocenters. The van der Waals surface area contributed by atoms with E-state index in [4.69, 9.17) is 21.7 Å². The number of aliphatic hydroxyl groups is 1. The summed E-state index contributed by atoms with van der Waals surface area (Å²) in [6, 6.07) is 23.8. The molecule has 0 saturated carbocycles. The summed E-state index contributed by atoms with van der Waals surface area (Å²) in [7, 11) is 0. The van der Waals surface area contributed by atoms with Gasteiger partial charge in [-0.1, -0.05) is 45.0 Å². The van der Waals surface area contributed by atoms with E-state index in [-0.39, 0.29) is 30.3 Å². The maximum absolute atomic E-state index is 14.1. The minimum Gasteiger partial charge on any atom is -0.494 e. The van der Waals surface area contributed by atoms with Crippen LogP contribution in [0.1, 0.15) is 86.6 Å². The molecular formula is C52H54F3N7O7S2. The first kappa shape index (κ1) is 52.0. The maximum Gasteiger partial charge on any atom is 0.417 e. The van der Waals surface area contributed by atoms with Gasteiger partial charge in [-0.2, -0.15) is 18.4 Å². The van der Waals surface area contributed by atoms with E-state index in [9.17, 15) is 42.7 Å². The zero-order valence-electron chi connectivity index (χ0n) is 40.0. The number of likely N-dealkylation sites (tertiary alicyclic amines) is 1. The third kappa shape index (κ3) is 11.7. The average molecular weight is 1010 g/mol. The van der Waals surface area contributed by atoms with E-state index in [0.717, 1.165) is 38.7 Å². The SMILES string of the molecule is Cc1ncsc1-c1ccc(CNC(=O)[C@@H]2C[C@@H](O)CN2C(=O)[C@@H](NC(=O)c2ccc(OCCCCOc3ccc(N4C(=S)N(c5ccc(C#N)c(C(F)(F)F)c5)C(=O)C4(C)C)cc3)cc2)C(C)(C)C)cc1. The number of anilines is 2. The standard InChI is InChI=1S/C52H54F3N7O7S2/c1-31-43(71-30-58-31)33-11-9-32(10-12-33)28-57-46(65)42-26-38(63)29-60(42)47(66)44(50(2,3)4)59-45(64)34-14-19-39(20-15-34)68-23-7-8-24-69-40-21-17-36(18-22-40)62-49(70)61(48(67)51(62,5)6)37-16-13-35(27-56)41(25-37)52(53,54)55/h9-22,25,30,38,42,44,63H,7-8,23-24,26,28-29H2,1-6H3,(H,57,65)(H,59,64)/t38-,42+,44-/m1/s1. The van der Waals surface area contributed by atoms with Crippen LogP contribution in [0.25, 0.3) is 10.4 Å². The molecule has 0 spiro atoms. The zero-order valence-corrected chi connectivity index (χ0v) is 41.6. The molecule has 372 valence electrons. The van der Waals surface area contributed by atoms with Crippen molar-refractivity contribution < 1.29 is 46.9 Å². The second-order valence-corrected chi connectivity index (χ2v) is 20.1. The summed E-state index contributed by atoms with van der Waals surface area (Å²) >= 11 is 7.19. The van der Waals surface area contributed by atoms with Crippen molar-refractivity contribution >= 4 is 63.7 Å². The summed E-state index contributed by atoms with van der Waals surface area (Å²) in [5.41, 5.74) is 1.69. The first-order valence-corrected chi connectivity index (χ1v) is 24.2. The fourth-order valence-corrected chi connectivity index (χ4v) is 9.77. The number of carbonyl (C=O) groups excluding carboxylic acids is 4. The number of hydrogen-bond donors (Lipinski definition) is 3. The maximum atomic E-state index is 14.1. The number of nitriles is 1. The van der Waals surface area contributed by atoms with E-state index in [1.54, 1.807) is 90.2 Å². The molecule has 19 heteroatoms. The summed E-state index contributed by atoms with van der Waals surface area (Å²) in [6.45, 7) is 11.6. The average Bonchev–Trinajstić information content (AvgIpc) is 4.00. The number of thiazole rings is 1. The molecule has 0 radical (unpaired) electrons. The smallest absolute Gasteiger partial charge is 0.417 e. The lowest BCUT2D eigenvalue weighted by atomic mass is 9.85. The van der Waals surface area contributed by atoms with Gasteiger partial charge in [-0.25, -0.2) is 4.98 Å². The van der Waals surface area contributed by atoms with Gasteiger partial charge in [-0.15, -0.1) is 11.3 Å². The fraction of sp³-hybridized carbons (Fsp3) is 0.365. The number of amides is 4. The second kappa shape index (κ2) is 21.2. The predicted molar refractivity (Wildman–Crippen MR) is 267 cm³/mol. The third-order valence-corrected chi connectivity index (χ3v) is 13.7. The Bertz CT molecular complexity index is 2820. The number of benzene rings is 4. The molecule has 71 heavy (non-hydrogen) atoms. The number of aliphatic hydroxyl groups excluding tert-OH is 1. The number of hydrogen-bond acceptors (Lipinski definition) is 11. The van der Waals surface area contributed by atoms with Crippen molar-refractivity contribution in [3.8, 4) is 28.0 Å². The van der Waals surface area contributed by atoms with E-state index >= 15 is 0 Å². The van der Waals surface area contributed by atoms with Crippen LogP contribution in [0, 0.1) is 23.7 Å². The van der Waals surface area contributed by atoms with Crippen LogP contribution in [0.15, 0.2) is 96.5 Å². The summed E-state index contributed by atoms with van der Waals surface area (Å²) in [6.07, 6.45) is -4.36. The first-order valence-electron chi connectivity index (χ1n) is 22.9. The molecule has 2 aliphatic heterocycles. The van der Waals surface area contributed by atoms with Gasteiger partial charge in [0.25, 0.3) is 11.8 Å². The van der Waals surface area contributed by atoms with Crippen LogP contribution in [0.4, 0.5) is 24.5 Å². The van der Waals surface area contributed by atoms with Crippen molar-refractivity contribution in [2.75, 3.05) is 29.6 Å². The Balaban J connectivity index is 0.864. The predicted octanol–water partition coefficient (Wildman–Crippen LogP) is 8.59. The van der Waals surface area contributed by atoms with Gasteiger partial charge in [-0.05, 0) is 129 Å². The van der Waals surface area contributed by atoms with Gasteiger partial charge in [0.2, 0.25) is 11.8 Å². The number of nitrogens with zero attached hydrogens (tertiary/aromatic N) is 5. The fourth-order valence-electron chi connectivity index (χ4n) is 8.43. The van der Waals surface area contributed by atoms with Crippen molar-refractivity contribution in [1.29, 1.82) is 5.26 Å². The molecule has 7 rings (SSSR count). The Morgan fingerprint density at radius 2 is 1.55 bits per heavy atom. The molecule has 4 amide bonds. The minimum atomic E-state index is -4.81. The number of aromatic nitrogens is 1. The van der Waals surface area contributed by atoms with E-state index < -0.39 is 70.1 Å². The van der Waals surface area contributed by atoms with Gasteiger partial charge in [0.05, 0.1) is 58.3 Å². The Kier molecular flexibility index (Phi) is 15.5. The number of rotatable bonds is 16. The Hall–Kier alpha value is -6.88. The lowest BCUT2D eigenvalue weighted by Crippen LogP contribution is -2.57. The van der Waals surface area contributed by atoms with Crippen molar-refractivity contribution in [3.63, 3.8) is 0 Å². The number of ether oxygens (including phenoxy) is 2. The minimum absolute atomic E-state index is 0.0138. The number of halogens is 3. The lowest BCUT2D eigenvalue weighted by Gasteiger charge is -2.35. The van der Waals surface area contributed by atoms with Crippen molar-refractivity contribution in [2.45, 2.75) is 97.3 Å². The molecule has 3 heterocycles. The lowest BCUT2D eigenvalue weighted by molar-refractivity contribution is -0.142. The highest BCUT2D eigenvalue weighted by atomic mass is 32.1. The second-order valence-electron chi connectivity index (χ2n) is 18.9. The number of nitrogens with one attached hydrogen (secondary N) is 2. The van der Waals surface area contributed by atoms with Crippen LogP contribution in [-0.4, -0.2) is 87.2 Å². The Labute approximate surface area is 419 Å². The molecule has 0 aliphatic carbocycles. The van der Waals surface area contributed by atoms with Gasteiger partial charge in [0.15, 0.2) is 5.11 Å². The summed E-state index contributed by atoms with van der Waals surface area (Å²) in [4.78, 5) is 64.1. The van der Waals surface area contributed by atoms with Gasteiger partial charge in [0.1, 0.15) is 29.1 Å². The molecule has 3 N–H and O–H groups in total. The number of alkyl halides is 3. The normalized spacial score (nSPS) is 17.2. The molecule has 3 atom stereocenters. The van der Waals surface area contributed by atoms with Crippen LogP contribution in [0.3, 0.4) is 0 Å². The molecule has 2 fully saturated rings. The van der Waals surface area contributed by atoms with Crippen LogP contribution in [-0.2, 0) is 27.1 Å². The van der Waals surface area contributed by atoms with Crippen LogP contribution >= 0.6 is 23.6 Å². The molecule has 2 saturated heterocycles. The number of β-amino-alcohol motifs (C(OH)–C–C–N with tert-alkyl or cyclic N) is 1. The zero-order chi connectivity index (χ0) is 51.4. The summed E-state index contributed by atoms with van der Waals surface area (Å²) in [5.74, 6) is -0.793.